The molecule has 1 aliphatic rings. The Morgan fingerprint density at radius 1 is 1.25 bits per heavy atom. The van der Waals surface area contributed by atoms with Crippen LogP contribution in [0.25, 0.3) is 6.08 Å². The van der Waals surface area contributed by atoms with E-state index >= 15 is 0 Å². The van der Waals surface area contributed by atoms with Gasteiger partial charge in [0.1, 0.15) is 0 Å². The molecule has 0 fully saturated rings. The first-order valence-corrected chi connectivity index (χ1v) is 9.65. The summed E-state index contributed by atoms with van der Waals surface area (Å²) in [7, 11) is 9.78. The Hall–Kier alpha value is 0.254. The second kappa shape index (κ2) is 6.86. The van der Waals surface area contributed by atoms with Crippen LogP contribution in [0.4, 0.5) is 0 Å². The van der Waals surface area contributed by atoms with Crippen LogP contribution in [-0.2, 0) is 23.5 Å². The Labute approximate surface area is 115 Å². The van der Waals surface area contributed by atoms with Gasteiger partial charge in [-0.15, -0.1) is 0 Å². The third kappa shape index (κ3) is 3.63. The molecule has 0 heterocycles. The van der Waals surface area contributed by atoms with Crippen molar-refractivity contribution < 1.29 is 17.0 Å². The molecule has 0 bridgehead atoms. The summed E-state index contributed by atoms with van der Waals surface area (Å²) in [6.07, 6.45) is 3.49. The van der Waals surface area contributed by atoms with Gasteiger partial charge >= 0.3 is 35.6 Å². The Bertz CT molecular complexity index is 384. The van der Waals surface area contributed by atoms with Gasteiger partial charge in [-0.1, -0.05) is 43.7 Å². The molecule has 0 spiro atoms. The molecule has 3 heteroatoms. The topological polar surface area (TPSA) is 0 Å². The van der Waals surface area contributed by atoms with E-state index in [1.54, 1.807) is 0 Å². The predicted octanol–water partition coefficient (Wildman–Crippen LogP) is 5.15. The van der Waals surface area contributed by atoms with E-state index < -0.39 is 17.0 Å². The first-order valence-electron chi connectivity index (χ1n) is 5.35. The van der Waals surface area contributed by atoms with Crippen LogP contribution in [0.2, 0.25) is 0 Å². The second-order valence-corrected chi connectivity index (χ2v) is 6.89. The molecule has 0 unspecified atom stereocenters. The number of halogens is 2. The van der Waals surface area contributed by atoms with Gasteiger partial charge in [0.15, 0.2) is 0 Å². The van der Waals surface area contributed by atoms with Gasteiger partial charge in [-0.2, -0.15) is 0 Å². The predicted molar refractivity (Wildman–Crippen MR) is 69.6 cm³/mol. The monoisotopic (exact) mass is 290 g/mol. The van der Waals surface area contributed by atoms with Crippen LogP contribution >= 0.6 is 18.6 Å². The van der Waals surface area contributed by atoms with Gasteiger partial charge in [-0.25, -0.2) is 0 Å². The summed E-state index contributed by atoms with van der Waals surface area (Å²) in [5.41, 5.74) is 5.97. The normalized spacial score (nSPS) is 12.8. The van der Waals surface area contributed by atoms with E-state index in [4.69, 9.17) is 18.6 Å². The van der Waals surface area contributed by atoms with Crippen molar-refractivity contribution in [1.82, 2.24) is 0 Å². The maximum absolute atomic E-state index is 4.89. The maximum atomic E-state index is 4.89. The molecule has 1 aromatic rings. The van der Waals surface area contributed by atoms with Crippen LogP contribution in [0.15, 0.2) is 23.8 Å². The van der Waals surface area contributed by atoms with Gasteiger partial charge in [0.2, 0.25) is 0 Å². The summed E-state index contributed by atoms with van der Waals surface area (Å²) in [5, 5.41) is 0. The fourth-order valence-corrected chi connectivity index (χ4v) is 2.06. The van der Waals surface area contributed by atoms with Gasteiger partial charge < -0.3 is 0 Å². The molecule has 0 N–H and O–H groups in total. The molecule has 0 amide bonds. The van der Waals surface area contributed by atoms with Crippen LogP contribution in [0, 0.1) is 0 Å². The number of fused-ring (bicyclic) bond motifs is 1. The van der Waals surface area contributed by atoms with Crippen molar-refractivity contribution in [1.29, 1.82) is 0 Å². The average molecular weight is 291 g/mol. The number of hydrogen-bond acceptors (Lipinski definition) is 0. The van der Waals surface area contributed by atoms with Crippen LogP contribution in [0.1, 0.15) is 43.4 Å². The molecule has 2 rings (SSSR count). The minimum absolute atomic E-state index is 0.556. The molecule has 0 atom stereocenters. The van der Waals surface area contributed by atoms with E-state index in [0.717, 1.165) is 6.42 Å². The van der Waals surface area contributed by atoms with Crippen molar-refractivity contribution in [2.75, 3.05) is 0 Å². The number of hydrogen-bond donors (Lipinski definition) is 0. The van der Waals surface area contributed by atoms with E-state index in [0.29, 0.717) is 5.92 Å². The van der Waals surface area contributed by atoms with Crippen molar-refractivity contribution in [3.63, 3.8) is 0 Å². The first kappa shape index (κ1) is 14.3. The molecular formula is C13H16Cl2Ti. The standard InChI is InChI=1S/C13H16.2ClH.Ti/c1-9(2)12-6-4-5-11-7-10(3)8-13(11)12;;;/h4-6,8-9H,7H2,1-3H3;2*1H;/q;;;+2/p-2. The number of allylic oxidation sites excluding steroid dienone is 1. The molecule has 16 heavy (non-hydrogen) atoms. The second-order valence-electron chi connectivity index (χ2n) is 4.31. The minimum atomic E-state index is -0.556. The molecule has 0 saturated heterocycles. The van der Waals surface area contributed by atoms with Crippen molar-refractivity contribution in [3.05, 3.63) is 40.5 Å². The van der Waals surface area contributed by atoms with Crippen LogP contribution in [0.5, 0.6) is 0 Å². The SMILES string of the molecule is CC1=Cc2c(cccc2C(C)C)C1.[Cl][Ti][Cl]. The summed E-state index contributed by atoms with van der Waals surface area (Å²) in [5.74, 6) is 0.636. The quantitative estimate of drug-likeness (QED) is 0.628. The Kier molecular flexibility index (Phi) is 6.14. The summed E-state index contributed by atoms with van der Waals surface area (Å²) < 4.78 is 0. The average Bonchev–Trinajstić information content (AvgIpc) is 2.58. The third-order valence-electron chi connectivity index (χ3n) is 2.71. The van der Waals surface area contributed by atoms with Gasteiger partial charge in [0.25, 0.3) is 0 Å². The Morgan fingerprint density at radius 3 is 2.44 bits per heavy atom. The third-order valence-corrected chi connectivity index (χ3v) is 2.71. The molecule has 0 radical (unpaired) electrons. The van der Waals surface area contributed by atoms with Gasteiger partial charge in [-0.05, 0) is 36.0 Å². The summed E-state index contributed by atoms with van der Waals surface area (Å²) in [6, 6.07) is 6.67. The zero-order valence-electron chi connectivity index (χ0n) is 9.85. The van der Waals surface area contributed by atoms with E-state index in [-0.39, 0.29) is 0 Å². The molecule has 0 aromatic heterocycles. The zero-order chi connectivity index (χ0) is 12.1. The summed E-state index contributed by atoms with van der Waals surface area (Å²) >= 11 is -0.556. The van der Waals surface area contributed by atoms with Crippen LogP contribution in [-0.4, -0.2) is 0 Å². The Balaban J connectivity index is 0.000000386. The number of benzene rings is 1. The zero-order valence-corrected chi connectivity index (χ0v) is 12.9. The first-order chi connectivity index (χ1) is 7.60. The molecule has 0 nitrogen and oxygen atoms in total. The van der Waals surface area contributed by atoms with E-state index in [1.165, 1.54) is 22.3 Å². The summed E-state index contributed by atoms with van der Waals surface area (Å²) in [6.45, 7) is 6.73. The van der Waals surface area contributed by atoms with Gasteiger partial charge in [0, 0.05) is 0 Å². The molecule has 86 valence electrons. The van der Waals surface area contributed by atoms with Gasteiger partial charge in [-0.3, -0.25) is 0 Å². The van der Waals surface area contributed by atoms with E-state index in [1.807, 2.05) is 0 Å². The van der Waals surface area contributed by atoms with E-state index in [2.05, 4.69) is 45.0 Å². The van der Waals surface area contributed by atoms with Crippen LogP contribution < -0.4 is 0 Å². The molecular weight excluding hydrogens is 275 g/mol. The van der Waals surface area contributed by atoms with Crippen LogP contribution in [0.3, 0.4) is 0 Å². The summed E-state index contributed by atoms with van der Waals surface area (Å²) in [4.78, 5) is 0. The van der Waals surface area contributed by atoms with Crippen molar-refractivity contribution in [2.45, 2.75) is 33.1 Å². The van der Waals surface area contributed by atoms with Crippen molar-refractivity contribution >= 4 is 24.7 Å². The van der Waals surface area contributed by atoms with Crippen molar-refractivity contribution in [3.8, 4) is 0 Å². The fraction of sp³-hybridized carbons (Fsp3) is 0.385. The fourth-order valence-electron chi connectivity index (χ4n) is 2.06. The Morgan fingerprint density at radius 2 is 1.88 bits per heavy atom. The van der Waals surface area contributed by atoms with Crippen molar-refractivity contribution in [2.24, 2.45) is 0 Å². The molecule has 1 aromatic carbocycles. The molecule has 1 aliphatic carbocycles. The van der Waals surface area contributed by atoms with Gasteiger partial charge in [0.05, 0.1) is 0 Å². The number of rotatable bonds is 1. The molecule has 0 aliphatic heterocycles. The molecule has 0 saturated carbocycles. The van der Waals surface area contributed by atoms with E-state index in [9.17, 15) is 0 Å².